The number of pyridine rings is 1. The molecule has 1 saturated carbocycles. The van der Waals surface area contributed by atoms with E-state index < -0.39 is 0 Å². The van der Waals surface area contributed by atoms with Gasteiger partial charge in [0, 0.05) is 44.0 Å². The molecule has 0 atom stereocenters. The minimum Gasteiger partial charge on any atom is -0.389 e. The van der Waals surface area contributed by atoms with Gasteiger partial charge in [0.25, 0.3) is 0 Å². The van der Waals surface area contributed by atoms with Gasteiger partial charge in [-0.25, -0.2) is 9.67 Å². The van der Waals surface area contributed by atoms with Gasteiger partial charge >= 0.3 is 0 Å². The fraction of sp³-hybridized carbons (Fsp3) is 0.650. The lowest BCUT2D eigenvalue weighted by molar-refractivity contribution is -0.0126. The Kier molecular flexibility index (Phi) is 4.27. The first-order valence-electron chi connectivity index (χ1n) is 10.2. The summed E-state index contributed by atoms with van der Waals surface area (Å²) in [5.41, 5.74) is 4.03. The van der Waals surface area contributed by atoms with Crippen LogP contribution in [0.4, 0.5) is 5.69 Å². The molecule has 2 fully saturated rings. The third kappa shape index (κ3) is 2.98. The first kappa shape index (κ1) is 17.0. The number of ether oxygens (including phenoxy) is 1. The highest BCUT2D eigenvalue weighted by atomic mass is 16.7. The normalized spacial score (nSPS) is 22.3. The van der Waals surface area contributed by atoms with Crippen LogP contribution in [0.15, 0.2) is 17.5 Å². The molecule has 1 N–H and O–H groups in total. The van der Waals surface area contributed by atoms with Crippen molar-refractivity contribution in [1.82, 2.24) is 14.8 Å². The molecular weight excluding hydrogens is 342 g/mol. The van der Waals surface area contributed by atoms with Gasteiger partial charge in [-0.2, -0.15) is 5.10 Å². The number of aryl methyl sites for hydroxylation is 1. The summed E-state index contributed by atoms with van der Waals surface area (Å²) in [5, 5.41) is 13.9. The molecule has 2 aromatic rings. The van der Waals surface area contributed by atoms with E-state index in [1.807, 2.05) is 17.1 Å². The monoisotopic (exact) mass is 369 g/mol. The van der Waals surface area contributed by atoms with Crippen LogP contribution in [0.1, 0.15) is 57.4 Å². The fourth-order valence-corrected chi connectivity index (χ4v) is 4.63. The summed E-state index contributed by atoms with van der Waals surface area (Å²) >= 11 is 0. The average molecular weight is 369 g/mol. The van der Waals surface area contributed by atoms with E-state index >= 15 is 0 Å². The van der Waals surface area contributed by atoms with Crippen LogP contribution in [0.3, 0.4) is 0 Å². The van der Waals surface area contributed by atoms with Gasteiger partial charge in [0.1, 0.15) is 5.60 Å². The molecule has 0 bridgehead atoms. The molecule has 5 rings (SSSR count). The van der Waals surface area contributed by atoms with E-state index in [0.29, 0.717) is 6.04 Å². The molecule has 0 aromatic carbocycles. The van der Waals surface area contributed by atoms with Crippen molar-refractivity contribution in [3.05, 3.63) is 18.0 Å². The van der Waals surface area contributed by atoms with Crippen molar-refractivity contribution in [1.29, 1.82) is 0 Å². The lowest BCUT2D eigenvalue weighted by Gasteiger charge is -2.26. The smallest absolute Gasteiger partial charge is 0.159 e. The Balaban J connectivity index is 1.53. The number of nitrogens with one attached hydrogen (secondary N) is 1. The number of hydrogen-bond acceptors (Lipinski definition) is 6. The SMILES string of the molecule is CCn1ncc2c(NC3CCOCC3)c(C3=NOC4(CCCC4)C3)cnc21. The molecule has 0 radical (unpaired) electrons. The molecule has 2 aliphatic heterocycles. The van der Waals surface area contributed by atoms with Crippen LogP contribution in [0.25, 0.3) is 11.0 Å². The Labute approximate surface area is 159 Å². The van der Waals surface area contributed by atoms with Crippen molar-refractivity contribution in [3.8, 4) is 0 Å². The van der Waals surface area contributed by atoms with Gasteiger partial charge in [-0.1, -0.05) is 5.16 Å². The first-order valence-corrected chi connectivity index (χ1v) is 10.2. The van der Waals surface area contributed by atoms with Gasteiger partial charge < -0.3 is 14.9 Å². The summed E-state index contributed by atoms with van der Waals surface area (Å²) in [5.74, 6) is 0. The van der Waals surface area contributed by atoms with E-state index in [-0.39, 0.29) is 5.60 Å². The second-order valence-electron chi connectivity index (χ2n) is 7.97. The summed E-state index contributed by atoms with van der Waals surface area (Å²) in [6.45, 7) is 4.51. The number of anilines is 1. The van der Waals surface area contributed by atoms with E-state index in [0.717, 1.165) is 79.9 Å². The number of oxime groups is 1. The van der Waals surface area contributed by atoms with Gasteiger partial charge in [-0.3, -0.25) is 0 Å². The molecule has 7 heteroatoms. The van der Waals surface area contributed by atoms with Crippen molar-refractivity contribution in [3.63, 3.8) is 0 Å². The highest BCUT2D eigenvalue weighted by molar-refractivity contribution is 6.10. The van der Waals surface area contributed by atoms with Crippen molar-refractivity contribution in [2.45, 2.75) is 70.1 Å². The van der Waals surface area contributed by atoms with Crippen LogP contribution in [0, 0.1) is 0 Å². The standard InChI is InChI=1S/C20H27N5O2/c1-2-25-19-16(13-22-25)18(23-14-5-9-26-10-6-14)15(12-21-19)17-11-20(27-24-17)7-3-4-8-20/h12-14H,2-11H2,1H3,(H,21,23). The van der Waals surface area contributed by atoms with Gasteiger partial charge in [-0.15, -0.1) is 0 Å². The Hall–Kier alpha value is -2.15. The van der Waals surface area contributed by atoms with Gasteiger partial charge in [0.05, 0.1) is 23.0 Å². The Morgan fingerprint density at radius 2 is 2.04 bits per heavy atom. The average Bonchev–Trinajstić information content (AvgIpc) is 3.44. The lowest BCUT2D eigenvalue weighted by atomic mass is 9.92. The van der Waals surface area contributed by atoms with E-state index in [2.05, 4.69) is 22.5 Å². The number of aromatic nitrogens is 3. The zero-order valence-electron chi connectivity index (χ0n) is 15.9. The van der Waals surface area contributed by atoms with Crippen LogP contribution < -0.4 is 5.32 Å². The molecule has 1 spiro atoms. The maximum atomic E-state index is 5.94. The van der Waals surface area contributed by atoms with E-state index in [9.17, 15) is 0 Å². The van der Waals surface area contributed by atoms with E-state index in [1.54, 1.807) is 0 Å². The van der Waals surface area contributed by atoms with E-state index in [4.69, 9.17) is 14.6 Å². The maximum Gasteiger partial charge on any atom is 0.159 e. The summed E-state index contributed by atoms with van der Waals surface area (Å²) in [6, 6.07) is 0.399. The Morgan fingerprint density at radius 1 is 1.22 bits per heavy atom. The summed E-state index contributed by atoms with van der Waals surface area (Å²) < 4.78 is 7.47. The summed E-state index contributed by atoms with van der Waals surface area (Å²) in [4.78, 5) is 10.7. The third-order valence-electron chi connectivity index (χ3n) is 6.20. The van der Waals surface area contributed by atoms with Crippen molar-refractivity contribution < 1.29 is 9.57 Å². The van der Waals surface area contributed by atoms with Crippen LogP contribution in [-0.4, -0.2) is 45.3 Å². The molecule has 1 aliphatic carbocycles. The molecule has 2 aromatic heterocycles. The Morgan fingerprint density at radius 3 is 2.81 bits per heavy atom. The van der Waals surface area contributed by atoms with Crippen LogP contribution in [0.5, 0.6) is 0 Å². The Bertz CT molecular complexity index is 863. The summed E-state index contributed by atoms with van der Waals surface area (Å²) in [7, 11) is 0. The predicted molar refractivity (Wildman–Crippen MR) is 104 cm³/mol. The predicted octanol–water partition coefficient (Wildman–Crippen LogP) is 3.48. The molecule has 0 amide bonds. The number of nitrogens with zero attached hydrogens (tertiary/aromatic N) is 4. The highest BCUT2D eigenvalue weighted by Gasteiger charge is 2.42. The van der Waals surface area contributed by atoms with Gasteiger partial charge in [-0.05, 0) is 45.4 Å². The van der Waals surface area contributed by atoms with Gasteiger partial charge in [0.2, 0.25) is 0 Å². The fourth-order valence-electron chi connectivity index (χ4n) is 4.63. The first-order chi connectivity index (χ1) is 13.3. The lowest BCUT2D eigenvalue weighted by Crippen LogP contribution is -2.29. The maximum absolute atomic E-state index is 5.94. The van der Waals surface area contributed by atoms with Crippen molar-refractivity contribution in [2.24, 2.45) is 5.16 Å². The zero-order chi connectivity index (χ0) is 18.3. The molecule has 144 valence electrons. The quantitative estimate of drug-likeness (QED) is 0.893. The second-order valence-corrected chi connectivity index (χ2v) is 7.97. The van der Waals surface area contributed by atoms with Crippen LogP contribution in [0.2, 0.25) is 0 Å². The highest BCUT2D eigenvalue weighted by Crippen LogP contribution is 2.42. The minimum absolute atomic E-state index is 0.0756. The topological polar surface area (TPSA) is 73.6 Å². The molecule has 27 heavy (non-hydrogen) atoms. The van der Waals surface area contributed by atoms with Crippen LogP contribution in [-0.2, 0) is 16.1 Å². The zero-order valence-corrected chi connectivity index (χ0v) is 15.9. The molecule has 1 saturated heterocycles. The number of hydrogen-bond donors (Lipinski definition) is 1. The molecule has 7 nitrogen and oxygen atoms in total. The van der Waals surface area contributed by atoms with Crippen molar-refractivity contribution in [2.75, 3.05) is 18.5 Å². The number of rotatable bonds is 4. The summed E-state index contributed by atoms with van der Waals surface area (Å²) in [6.07, 6.45) is 11.5. The van der Waals surface area contributed by atoms with Crippen LogP contribution >= 0.6 is 0 Å². The minimum atomic E-state index is -0.0756. The molecule has 3 aliphatic rings. The van der Waals surface area contributed by atoms with Crippen molar-refractivity contribution >= 4 is 22.4 Å². The second kappa shape index (κ2) is 6.78. The number of fused-ring (bicyclic) bond motifs is 1. The largest absolute Gasteiger partial charge is 0.389 e. The van der Waals surface area contributed by atoms with E-state index in [1.165, 1.54) is 12.8 Å². The molecule has 0 unspecified atom stereocenters. The molecule has 4 heterocycles. The molecular formula is C20H27N5O2. The van der Waals surface area contributed by atoms with Gasteiger partial charge in [0.15, 0.2) is 5.65 Å². The third-order valence-corrected chi connectivity index (χ3v) is 6.20.